The molecule has 3 atom stereocenters. The van der Waals surface area contributed by atoms with Crippen LogP contribution in [-0.2, 0) is 25.8 Å². The Bertz CT molecular complexity index is 1240. The lowest BCUT2D eigenvalue weighted by Gasteiger charge is -2.50. The average Bonchev–Trinajstić information content (AvgIpc) is 3.28. The van der Waals surface area contributed by atoms with Crippen LogP contribution in [0.4, 0.5) is 5.13 Å². The number of rotatable bonds is 9. The number of pyridine rings is 1. The molecule has 2 aromatic rings. The van der Waals surface area contributed by atoms with Gasteiger partial charge >= 0.3 is 0 Å². The molecule has 1 saturated heterocycles. The van der Waals surface area contributed by atoms with Crippen LogP contribution < -0.4 is 20.7 Å². The van der Waals surface area contributed by atoms with E-state index in [1.54, 1.807) is 42.9 Å². The molecule has 4 N–H and O–H groups in total. The molecule has 36 heavy (non-hydrogen) atoms. The van der Waals surface area contributed by atoms with Crippen LogP contribution in [0.1, 0.15) is 31.3 Å². The predicted molar refractivity (Wildman–Crippen MR) is 127 cm³/mol. The first-order valence-corrected chi connectivity index (χ1v) is 12.7. The van der Waals surface area contributed by atoms with Crippen LogP contribution in [0.3, 0.4) is 0 Å². The maximum atomic E-state index is 13.0. The number of nitrogen functional groups attached to an aromatic ring is 1. The molecule has 13 nitrogen and oxygen atoms in total. The van der Waals surface area contributed by atoms with Crippen LogP contribution in [0.25, 0.3) is 0 Å². The van der Waals surface area contributed by atoms with Crippen molar-refractivity contribution >= 4 is 51.9 Å². The van der Waals surface area contributed by atoms with Crippen molar-refractivity contribution in [2.75, 3.05) is 18.1 Å². The first-order valence-electron chi connectivity index (χ1n) is 10.9. The number of aliphatic carboxylic acids is 1. The average molecular weight is 534 g/mol. The van der Waals surface area contributed by atoms with Gasteiger partial charge in [-0.15, -0.1) is 11.8 Å². The summed E-state index contributed by atoms with van der Waals surface area (Å²) in [6.07, 6.45) is 2.81. The summed E-state index contributed by atoms with van der Waals surface area (Å²) in [5.74, 6) is -2.55. The van der Waals surface area contributed by atoms with Crippen LogP contribution in [0.2, 0.25) is 0 Å². The number of aromatic nitrogens is 3. The number of β-lactam (4-membered cyclic amide) rings is 1. The van der Waals surface area contributed by atoms with Crippen molar-refractivity contribution in [3.8, 4) is 0 Å². The minimum Gasteiger partial charge on any atom is -0.543 e. The number of carboxylic acids is 1. The molecule has 0 saturated carbocycles. The van der Waals surface area contributed by atoms with E-state index in [1.165, 1.54) is 11.8 Å². The fraction of sp³-hybridized carbons (Fsp3) is 0.381. The number of aliphatic hydroxyl groups is 1. The second kappa shape index (κ2) is 10.6. The van der Waals surface area contributed by atoms with Gasteiger partial charge in [0.05, 0.1) is 17.8 Å². The van der Waals surface area contributed by atoms with Gasteiger partial charge in [0.25, 0.3) is 11.8 Å². The molecular formula is C21H23N7O6S2. The van der Waals surface area contributed by atoms with Crippen molar-refractivity contribution in [3.63, 3.8) is 0 Å². The molecule has 0 aliphatic carbocycles. The SMILES string of the molecule is CCON=C(C(=O)NC1C(=O)N2C(C(=O)[O-])=C(C[n+]3ccc(C(C)O)cc3)CS[C@H]12)c1nsc(N)n1. The van der Waals surface area contributed by atoms with Crippen LogP contribution in [0.15, 0.2) is 41.0 Å². The van der Waals surface area contributed by atoms with Crippen molar-refractivity contribution < 1.29 is 34.0 Å². The summed E-state index contributed by atoms with van der Waals surface area (Å²) >= 11 is 2.20. The molecular weight excluding hydrogens is 510 g/mol. The Labute approximate surface area is 213 Å². The van der Waals surface area contributed by atoms with E-state index in [0.717, 1.165) is 22.0 Å². The summed E-state index contributed by atoms with van der Waals surface area (Å²) in [5.41, 5.74) is 6.36. The van der Waals surface area contributed by atoms with E-state index >= 15 is 0 Å². The van der Waals surface area contributed by atoms with E-state index in [4.69, 9.17) is 10.6 Å². The summed E-state index contributed by atoms with van der Waals surface area (Å²) in [6.45, 7) is 3.73. The number of anilines is 1. The van der Waals surface area contributed by atoms with Gasteiger partial charge in [-0.2, -0.15) is 9.36 Å². The van der Waals surface area contributed by atoms with Crippen LogP contribution in [-0.4, -0.2) is 66.6 Å². The third kappa shape index (κ3) is 5.03. The van der Waals surface area contributed by atoms with Crippen molar-refractivity contribution in [2.24, 2.45) is 5.16 Å². The van der Waals surface area contributed by atoms with E-state index in [9.17, 15) is 24.6 Å². The summed E-state index contributed by atoms with van der Waals surface area (Å²) in [7, 11) is 0. The lowest BCUT2D eigenvalue weighted by atomic mass is 10.0. The zero-order chi connectivity index (χ0) is 26.0. The Morgan fingerprint density at radius 3 is 2.75 bits per heavy atom. The number of carboxylic acid groups (broad SMARTS) is 1. The van der Waals surface area contributed by atoms with Crippen molar-refractivity contribution in [2.45, 2.75) is 37.9 Å². The number of nitrogens with two attached hydrogens (primary N) is 1. The minimum atomic E-state index is -1.48. The number of oxime groups is 1. The number of carbonyl (C=O) groups excluding carboxylic acids is 3. The quantitative estimate of drug-likeness (QED) is 0.145. The van der Waals surface area contributed by atoms with Crippen LogP contribution in [0, 0.1) is 0 Å². The second-order valence-corrected chi connectivity index (χ2v) is 9.78. The van der Waals surface area contributed by atoms with E-state index < -0.39 is 35.3 Å². The number of nitrogens with one attached hydrogen (secondary N) is 1. The third-order valence-corrected chi connectivity index (χ3v) is 7.34. The van der Waals surface area contributed by atoms with E-state index in [0.29, 0.717) is 11.3 Å². The lowest BCUT2D eigenvalue weighted by Crippen LogP contribution is -2.71. The number of hydrogen-bond donors (Lipinski definition) is 3. The Hall–Kier alpha value is -3.56. The van der Waals surface area contributed by atoms with Crippen LogP contribution in [0.5, 0.6) is 0 Å². The zero-order valence-electron chi connectivity index (χ0n) is 19.3. The van der Waals surface area contributed by atoms with E-state index in [-0.39, 0.29) is 35.5 Å². The molecule has 2 aromatic heterocycles. The first kappa shape index (κ1) is 25.5. The fourth-order valence-electron chi connectivity index (χ4n) is 3.72. The topological polar surface area (TPSA) is 187 Å². The molecule has 0 aromatic carbocycles. The van der Waals surface area contributed by atoms with Gasteiger partial charge in [-0.05, 0) is 19.4 Å². The zero-order valence-corrected chi connectivity index (χ0v) is 20.9. The van der Waals surface area contributed by atoms with Gasteiger partial charge in [0, 0.05) is 35.0 Å². The molecule has 2 aliphatic heterocycles. The maximum absolute atomic E-state index is 13.0. The van der Waals surface area contributed by atoms with Gasteiger partial charge in [0.2, 0.25) is 11.5 Å². The number of carbonyl (C=O) groups is 3. The highest BCUT2D eigenvalue weighted by molar-refractivity contribution is 8.00. The molecule has 190 valence electrons. The highest BCUT2D eigenvalue weighted by Crippen LogP contribution is 2.40. The van der Waals surface area contributed by atoms with Crippen LogP contribution >= 0.6 is 23.3 Å². The Kier molecular flexibility index (Phi) is 7.51. The normalized spacial score (nSPS) is 20.5. The molecule has 2 unspecified atom stereocenters. The predicted octanol–water partition coefficient (Wildman–Crippen LogP) is -1.69. The second-order valence-electron chi connectivity index (χ2n) is 7.89. The number of thioether (sulfide) groups is 1. The molecule has 1 fully saturated rings. The molecule has 0 radical (unpaired) electrons. The molecule has 0 spiro atoms. The van der Waals surface area contributed by atoms with E-state index in [1.807, 2.05) is 0 Å². The number of nitrogens with zero attached hydrogens (tertiary/aromatic N) is 5. The van der Waals surface area contributed by atoms with Crippen molar-refractivity contribution in [1.29, 1.82) is 0 Å². The largest absolute Gasteiger partial charge is 0.543 e. The maximum Gasteiger partial charge on any atom is 0.278 e. The highest BCUT2D eigenvalue weighted by atomic mass is 32.2. The number of hydrogen-bond acceptors (Lipinski definition) is 12. The van der Waals surface area contributed by atoms with Crippen molar-refractivity contribution in [1.82, 2.24) is 19.6 Å². The lowest BCUT2D eigenvalue weighted by molar-refractivity contribution is -0.689. The summed E-state index contributed by atoms with van der Waals surface area (Å²) < 4.78 is 5.71. The van der Waals surface area contributed by atoms with E-state index in [2.05, 4.69) is 19.8 Å². The summed E-state index contributed by atoms with van der Waals surface area (Å²) in [6, 6.07) is 2.48. The molecule has 4 heterocycles. The standard InChI is InChI=1S/C21H23N7O6S2/c1-3-34-25-13(16-24-21(22)36-26-16)17(30)23-14-18(31)28-15(20(32)33)12(9-35-19(14)28)8-27-6-4-11(5-7-27)10(2)29/h4-7,10,14,19,29H,3,8-9H2,1-2H3,(H3-,22,23,24,26,30,32,33)/t10?,14?,19-/m1/s1. The Balaban J connectivity index is 1.52. The molecule has 15 heteroatoms. The van der Waals surface area contributed by atoms with Gasteiger partial charge in [-0.25, -0.2) is 4.57 Å². The van der Waals surface area contributed by atoms with Gasteiger partial charge in [-0.1, -0.05) is 5.16 Å². The molecule has 2 amide bonds. The number of fused-ring (bicyclic) bond motifs is 1. The summed E-state index contributed by atoms with van der Waals surface area (Å²) in [5, 5.41) is 27.5. The molecule has 4 rings (SSSR count). The highest BCUT2D eigenvalue weighted by Gasteiger charge is 2.53. The van der Waals surface area contributed by atoms with Gasteiger partial charge in [0.1, 0.15) is 18.0 Å². The summed E-state index contributed by atoms with van der Waals surface area (Å²) in [4.78, 5) is 47.9. The molecule has 0 bridgehead atoms. The third-order valence-electron chi connectivity index (χ3n) is 5.45. The van der Waals surface area contributed by atoms with Gasteiger partial charge < -0.3 is 30.9 Å². The van der Waals surface area contributed by atoms with Crippen molar-refractivity contribution in [3.05, 3.63) is 47.2 Å². The first-order chi connectivity index (χ1) is 17.2. The molecule has 2 aliphatic rings. The number of aliphatic hydroxyl groups excluding tert-OH is 1. The minimum absolute atomic E-state index is 0.0420. The number of amides is 2. The van der Waals surface area contributed by atoms with Gasteiger partial charge in [0.15, 0.2) is 24.1 Å². The van der Waals surface area contributed by atoms with Gasteiger partial charge in [-0.3, -0.25) is 14.5 Å². The Morgan fingerprint density at radius 2 is 2.17 bits per heavy atom. The monoisotopic (exact) mass is 533 g/mol. The Morgan fingerprint density at radius 1 is 1.44 bits per heavy atom. The fourth-order valence-corrected chi connectivity index (χ4v) is 5.49. The smallest absolute Gasteiger partial charge is 0.278 e.